The normalized spacial score (nSPS) is 17.3. The van der Waals surface area contributed by atoms with Gasteiger partial charge in [0, 0.05) is 22.3 Å². The average molecular weight is 462 g/mol. The van der Waals surface area contributed by atoms with Crippen LogP contribution in [-0.2, 0) is 0 Å². The first-order chi connectivity index (χ1) is 14.0. The van der Waals surface area contributed by atoms with Crippen LogP contribution in [-0.4, -0.2) is 51.6 Å². The molecular weight excluding hydrogens is 437 g/mol. The minimum atomic E-state index is -0.299. The van der Waals surface area contributed by atoms with Crippen LogP contribution < -0.4 is 14.4 Å². The molecule has 1 saturated heterocycles. The summed E-state index contributed by atoms with van der Waals surface area (Å²) in [4.78, 5) is 8.60. The Morgan fingerprint density at radius 3 is 2.66 bits per heavy atom. The maximum Gasteiger partial charge on any atom is 0.163 e. The molecule has 0 unspecified atom stereocenters. The van der Waals surface area contributed by atoms with Gasteiger partial charge in [-0.15, -0.1) is 0 Å². The molecular formula is C22H25BrFN3O2. The van der Waals surface area contributed by atoms with Crippen molar-refractivity contribution in [3.05, 3.63) is 46.2 Å². The van der Waals surface area contributed by atoms with E-state index in [-0.39, 0.29) is 5.82 Å². The fourth-order valence-electron chi connectivity index (χ4n) is 3.81. The van der Waals surface area contributed by atoms with Crippen LogP contribution in [0.4, 0.5) is 15.8 Å². The van der Waals surface area contributed by atoms with Crippen LogP contribution in [0.3, 0.4) is 0 Å². The molecule has 154 valence electrons. The van der Waals surface area contributed by atoms with Crippen molar-refractivity contribution in [1.29, 1.82) is 0 Å². The third kappa shape index (κ3) is 4.41. The highest BCUT2D eigenvalue weighted by molar-refractivity contribution is 9.10. The number of benzene rings is 2. The number of aliphatic imine (C=N–C) groups is 1. The van der Waals surface area contributed by atoms with Crippen molar-refractivity contribution in [3.63, 3.8) is 0 Å². The van der Waals surface area contributed by atoms with Gasteiger partial charge in [0.15, 0.2) is 11.5 Å². The van der Waals surface area contributed by atoms with E-state index in [4.69, 9.17) is 9.47 Å². The molecule has 0 atom stereocenters. The summed E-state index contributed by atoms with van der Waals surface area (Å²) in [6.45, 7) is 3.21. The standard InChI is InChI=1S/C22H25BrFN3O2/c1-26-7-5-15(6-8-26)13-29-22-11-20-16(9-21(22)28-2)12-25-14-27(20)19-4-3-17(23)10-18(19)24/h3-4,9-12,15H,5-8,13-14H2,1-2H3. The van der Waals surface area contributed by atoms with Crippen molar-refractivity contribution >= 4 is 33.5 Å². The Kier molecular flexibility index (Phi) is 6.06. The summed E-state index contributed by atoms with van der Waals surface area (Å²) < 4.78 is 27.1. The van der Waals surface area contributed by atoms with Gasteiger partial charge < -0.3 is 19.3 Å². The Hall–Kier alpha value is -2.12. The number of hydrogen-bond acceptors (Lipinski definition) is 5. The number of fused-ring (bicyclic) bond motifs is 1. The third-order valence-electron chi connectivity index (χ3n) is 5.57. The molecule has 2 aliphatic rings. The van der Waals surface area contributed by atoms with Gasteiger partial charge in [0.1, 0.15) is 12.5 Å². The zero-order valence-corrected chi connectivity index (χ0v) is 18.3. The molecule has 0 aliphatic carbocycles. The van der Waals surface area contributed by atoms with E-state index in [9.17, 15) is 4.39 Å². The minimum absolute atomic E-state index is 0.299. The smallest absolute Gasteiger partial charge is 0.163 e. The Labute approximate surface area is 179 Å². The van der Waals surface area contributed by atoms with Gasteiger partial charge in [0.2, 0.25) is 0 Å². The molecule has 0 radical (unpaired) electrons. The van der Waals surface area contributed by atoms with Gasteiger partial charge in [-0.05, 0) is 63.2 Å². The summed E-state index contributed by atoms with van der Waals surface area (Å²) in [5.41, 5.74) is 2.22. The number of likely N-dealkylation sites (tertiary alicyclic amines) is 1. The lowest BCUT2D eigenvalue weighted by Gasteiger charge is -2.30. The highest BCUT2D eigenvalue weighted by Crippen LogP contribution is 2.40. The van der Waals surface area contributed by atoms with Crippen molar-refractivity contribution < 1.29 is 13.9 Å². The van der Waals surface area contributed by atoms with Crippen molar-refractivity contribution in [2.45, 2.75) is 12.8 Å². The van der Waals surface area contributed by atoms with E-state index >= 15 is 0 Å². The van der Waals surface area contributed by atoms with E-state index in [1.54, 1.807) is 19.4 Å². The summed E-state index contributed by atoms with van der Waals surface area (Å²) >= 11 is 3.32. The summed E-state index contributed by atoms with van der Waals surface area (Å²) in [7, 11) is 3.79. The van der Waals surface area contributed by atoms with Crippen molar-refractivity contribution in [2.75, 3.05) is 45.4 Å². The van der Waals surface area contributed by atoms with Crippen LogP contribution in [0.25, 0.3) is 0 Å². The molecule has 0 amide bonds. The maximum absolute atomic E-state index is 14.6. The maximum atomic E-state index is 14.6. The van der Waals surface area contributed by atoms with Crippen LogP contribution in [0.5, 0.6) is 11.5 Å². The third-order valence-corrected chi connectivity index (χ3v) is 6.06. The van der Waals surface area contributed by atoms with E-state index in [2.05, 4.69) is 32.9 Å². The molecule has 2 aromatic rings. The first-order valence-corrected chi connectivity index (χ1v) is 10.6. The zero-order valence-electron chi connectivity index (χ0n) is 16.7. The molecule has 2 heterocycles. The molecule has 0 aromatic heterocycles. The van der Waals surface area contributed by atoms with Gasteiger partial charge in [0.25, 0.3) is 0 Å². The molecule has 29 heavy (non-hydrogen) atoms. The van der Waals surface area contributed by atoms with Gasteiger partial charge >= 0.3 is 0 Å². The Balaban J connectivity index is 1.61. The fraction of sp³-hybridized carbons (Fsp3) is 0.409. The Morgan fingerprint density at radius 2 is 1.93 bits per heavy atom. The lowest BCUT2D eigenvalue weighted by molar-refractivity contribution is 0.157. The molecule has 5 nitrogen and oxygen atoms in total. The van der Waals surface area contributed by atoms with Gasteiger partial charge in [0.05, 0.1) is 25.1 Å². The van der Waals surface area contributed by atoms with E-state index in [1.165, 1.54) is 6.07 Å². The summed E-state index contributed by atoms with van der Waals surface area (Å²) in [5, 5.41) is 0. The first-order valence-electron chi connectivity index (χ1n) is 9.81. The van der Waals surface area contributed by atoms with E-state index in [0.29, 0.717) is 40.9 Å². The largest absolute Gasteiger partial charge is 0.493 e. The predicted octanol–water partition coefficient (Wildman–Crippen LogP) is 4.85. The molecule has 0 spiro atoms. The lowest BCUT2D eigenvalue weighted by Crippen LogP contribution is -2.32. The number of rotatable bonds is 5. The van der Waals surface area contributed by atoms with Crippen molar-refractivity contribution in [1.82, 2.24) is 4.90 Å². The highest BCUT2D eigenvalue weighted by atomic mass is 79.9. The Bertz CT molecular complexity index is 913. The van der Waals surface area contributed by atoms with Crippen molar-refractivity contribution in [3.8, 4) is 11.5 Å². The second-order valence-electron chi connectivity index (χ2n) is 7.60. The highest BCUT2D eigenvalue weighted by Gasteiger charge is 2.23. The first kappa shape index (κ1) is 20.2. The molecule has 4 rings (SSSR count). The van der Waals surface area contributed by atoms with Crippen LogP contribution in [0.2, 0.25) is 0 Å². The number of halogens is 2. The van der Waals surface area contributed by atoms with Gasteiger partial charge in [-0.1, -0.05) is 15.9 Å². The number of methoxy groups -OCH3 is 1. The number of piperidine rings is 1. The molecule has 1 fully saturated rings. The summed E-state index contributed by atoms with van der Waals surface area (Å²) in [6, 6.07) is 8.90. The molecule has 2 aliphatic heterocycles. The van der Waals surface area contributed by atoms with Crippen LogP contribution >= 0.6 is 15.9 Å². The number of hydrogen-bond donors (Lipinski definition) is 0. The zero-order chi connectivity index (χ0) is 20.4. The quantitative estimate of drug-likeness (QED) is 0.637. The van der Waals surface area contributed by atoms with Gasteiger partial charge in [-0.25, -0.2) is 4.39 Å². The van der Waals surface area contributed by atoms with E-state index < -0.39 is 0 Å². The summed E-state index contributed by atoms with van der Waals surface area (Å²) in [6.07, 6.45) is 4.06. The number of ether oxygens (including phenoxy) is 2. The topological polar surface area (TPSA) is 37.3 Å². The minimum Gasteiger partial charge on any atom is -0.493 e. The Morgan fingerprint density at radius 1 is 1.14 bits per heavy atom. The second-order valence-corrected chi connectivity index (χ2v) is 8.51. The summed E-state index contributed by atoms with van der Waals surface area (Å²) in [5.74, 6) is 1.59. The van der Waals surface area contributed by atoms with Crippen LogP contribution in [0.1, 0.15) is 18.4 Å². The second kappa shape index (κ2) is 8.71. The molecule has 7 heteroatoms. The van der Waals surface area contributed by atoms with Crippen LogP contribution in [0, 0.1) is 11.7 Å². The molecule has 0 saturated carbocycles. The molecule has 2 aromatic carbocycles. The lowest BCUT2D eigenvalue weighted by atomic mass is 9.98. The number of nitrogens with zero attached hydrogens (tertiary/aromatic N) is 3. The van der Waals surface area contributed by atoms with Crippen LogP contribution in [0.15, 0.2) is 39.8 Å². The molecule has 0 bridgehead atoms. The predicted molar refractivity (Wildman–Crippen MR) is 117 cm³/mol. The SMILES string of the molecule is COc1cc2c(cc1OCC1CCN(C)CC1)N(c1ccc(Br)cc1F)CN=C2. The molecule has 0 N–H and O–H groups in total. The monoisotopic (exact) mass is 461 g/mol. The van der Waals surface area contributed by atoms with Gasteiger partial charge in [-0.3, -0.25) is 4.99 Å². The fourth-order valence-corrected chi connectivity index (χ4v) is 4.15. The van der Waals surface area contributed by atoms with Crippen molar-refractivity contribution in [2.24, 2.45) is 10.9 Å². The van der Waals surface area contributed by atoms with E-state index in [1.807, 2.05) is 23.1 Å². The average Bonchev–Trinajstić information content (AvgIpc) is 2.72. The van der Waals surface area contributed by atoms with E-state index in [0.717, 1.165) is 37.2 Å². The van der Waals surface area contributed by atoms with Gasteiger partial charge in [-0.2, -0.15) is 0 Å². The number of anilines is 2.